The van der Waals surface area contributed by atoms with Crippen LogP contribution in [0.25, 0.3) is 0 Å². The maximum atomic E-state index is 13.7. The molecule has 0 saturated carbocycles. The van der Waals surface area contributed by atoms with Crippen molar-refractivity contribution in [3.05, 3.63) is 59.9 Å². The van der Waals surface area contributed by atoms with Crippen molar-refractivity contribution in [2.24, 2.45) is 0 Å². The van der Waals surface area contributed by atoms with Crippen LogP contribution in [0.1, 0.15) is 11.6 Å². The van der Waals surface area contributed by atoms with Gasteiger partial charge in [-0.1, -0.05) is 24.3 Å². The molecule has 2 heterocycles. The van der Waals surface area contributed by atoms with Crippen LogP contribution in [0, 0.1) is 5.82 Å². The molecule has 148 valence electrons. The molecule has 2 amide bonds. The Morgan fingerprint density at radius 3 is 2.86 bits per heavy atom. The number of hydrogen-bond donors (Lipinski definition) is 1. The van der Waals surface area contributed by atoms with Crippen LogP contribution in [0.2, 0.25) is 0 Å². The first-order valence-electron chi connectivity index (χ1n) is 8.91. The average Bonchev–Trinajstić information content (AvgIpc) is 2.70. The standard InChI is InChI=1S/C20H20FN3O2S.ClH/c21-15-5-3-4-14(10-15)17-11-22-8-9-23(17)19(25)12-24-16-6-1-2-7-18(16)27-13-20(24)26;/h1-7,10,17,22H,8-9,11-13H2;1H. The van der Waals surface area contributed by atoms with E-state index in [4.69, 9.17) is 0 Å². The molecule has 2 aromatic carbocycles. The van der Waals surface area contributed by atoms with Gasteiger partial charge in [0, 0.05) is 24.5 Å². The molecule has 0 aliphatic carbocycles. The number of para-hydroxylation sites is 1. The third-order valence-corrected chi connectivity index (χ3v) is 5.95. The first kappa shape index (κ1) is 20.6. The molecule has 28 heavy (non-hydrogen) atoms. The topological polar surface area (TPSA) is 52.7 Å². The Kier molecular flexibility index (Phi) is 6.59. The van der Waals surface area contributed by atoms with E-state index in [0.29, 0.717) is 25.4 Å². The Morgan fingerprint density at radius 2 is 2.04 bits per heavy atom. The van der Waals surface area contributed by atoms with Crippen LogP contribution < -0.4 is 10.2 Å². The highest BCUT2D eigenvalue weighted by Crippen LogP contribution is 2.35. The molecule has 0 radical (unpaired) electrons. The van der Waals surface area contributed by atoms with Crippen LogP contribution in [-0.4, -0.2) is 48.6 Å². The molecule has 4 rings (SSSR count). The number of nitrogens with one attached hydrogen (secondary N) is 1. The summed E-state index contributed by atoms with van der Waals surface area (Å²) in [6, 6.07) is 13.7. The Hall–Kier alpha value is -2.09. The summed E-state index contributed by atoms with van der Waals surface area (Å²) in [6.45, 7) is 1.77. The van der Waals surface area contributed by atoms with Crippen molar-refractivity contribution in [3.8, 4) is 0 Å². The number of rotatable bonds is 3. The molecule has 2 aliphatic heterocycles. The number of anilines is 1. The van der Waals surface area contributed by atoms with Crippen molar-refractivity contribution in [2.45, 2.75) is 10.9 Å². The zero-order valence-corrected chi connectivity index (χ0v) is 16.8. The van der Waals surface area contributed by atoms with E-state index in [1.807, 2.05) is 30.3 Å². The molecule has 0 aromatic heterocycles. The van der Waals surface area contributed by atoms with Crippen LogP contribution in [-0.2, 0) is 9.59 Å². The maximum Gasteiger partial charge on any atom is 0.243 e. The van der Waals surface area contributed by atoms with Crippen molar-refractivity contribution in [2.75, 3.05) is 36.8 Å². The van der Waals surface area contributed by atoms with Gasteiger partial charge in [-0.05, 0) is 29.8 Å². The quantitative estimate of drug-likeness (QED) is 0.828. The molecule has 2 aromatic rings. The Labute approximate surface area is 173 Å². The van der Waals surface area contributed by atoms with Gasteiger partial charge in [0.1, 0.15) is 12.4 Å². The van der Waals surface area contributed by atoms with Crippen LogP contribution in [0.5, 0.6) is 0 Å². The first-order valence-corrected chi connectivity index (χ1v) is 9.90. The van der Waals surface area contributed by atoms with E-state index in [1.165, 1.54) is 23.9 Å². The van der Waals surface area contributed by atoms with Crippen molar-refractivity contribution >= 4 is 41.7 Å². The van der Waals surface area contributed by atoms with E-state index in [0.717, 1.165) is 16.1 Å². The summed E-state index contributed by atoms with van der Waals surface area (Å²) in [6.07, 6.45) is 0. The first-order chi connectivity index (χ1) is 13.1. The predicted molar refractivity (Wildman–Crippen MR) is 110 cm³/mol. The normalized spacial score (nSPS) is 19.0. The molecule has 8 heteroatoms. The summed E-state index contributed by atoms with van der Waals surface area (Å²) < 4.78 is 13.7. The van der Waals surface area contributed by atoms with Gasteiger partial charge in [-0.15, -0.1) is 24.2 Å². The minimum atomic E-state index is -0.317. The van der Waals surface area contributed by atoms with Gasteiger partial charge in [-0.3, -0.25) is 9.59 Å². The van der Waals surface area contributed by atoms with E-state index in [-0.39, 0.29) is 42.6 Å². The Morgan fingerprint density at radius 1 is 1.21 bits per heavy atom. The van der Waals surface area contributed by atoms with E-state index < -0.39 is 0 Å². The number of halogens is 2. The number of fused-ring (bicyclic) bond motifs is 1. The summed E-state index contributed by atoms with van der Waals surface area (Å²) >= 11 is 1.49. The lowest BCUT2D eigenvalue weighted by atomic mass is 10.0. The fourth-order valence-corrected chi connectivity index (χ4v) is 4.50. The second-order valence-corrected chi connectivity index (χ2v) is 7.62. The average molecular weight is 422 g/mol. The zero-order valence-electron chi connectivity index (χ0n) is 15.1. The maximum absolute atomic E-state index is 13.7. The molecule has 2 aliphatic rings. The molecule has 1 fully saturated rings. The SMILES string of the molecule is Cl.O=C1CSc2ccccc2N1CC(=O)N1CCNCC1c1cccc(F)c1. The van der Waals surface area contributed by atoms with Gasteiger partial charge in [0.25, 0.3) is 0 Å². The van der Waals surface area contributed by atoms with Gasteiger partial charge in [0.05, 0.1) is 17.5 Å². The minimum Gasteiger partial charge on any atom is -0.332 e. The fraction of sp³-hybridized carbons (Fsp3) is 0.300. The Balaban J connectivity index is 0.00000225. The van der Waals surface area contributed by atoms with Gasteiger partial charge in [-0.25, -0.2) is 4.39 Å². The highest BCUT2D eigenvalue weighted by Gasteiger charge is 2.32. The minimum absolute atomic E-state index is 0. The van der Waals surface area contributed by atoms with Gasteiger partial charge in [0.15, 0.2) is 0 Å². The second kappa shape index (κ2) is 8.94. The number of carbonyl (C=O) groups excluding carboxylic acids is 2. The van der Waals surface area contributed by atoms with Crippen molar-refractivity contribution < 1.29 is 14.0 Å². The number of nitrogens with zero attached hydrogens (tertiary/aromatic N) is 2. The molecule has 1 N–H and O–H groups in total. The number of amides is 2. The summed E-state index contributed by atoms with van der Waals surface area (Å²) in [4.78, 5) is 29.9. The number of thioether (sulfide) groups is 1. The Bertz CT molecular complexity index is 882. The second-order valence-electron chi connectivity index (χ2n) is 6.60. The molecular weight excluding hydrogens is 401 g/mol. The third-order valence-electron chi connectivity index (χ3n) is 4.90. The summed E-state index contributed by atoms with van der Waals surface area (Å²) in [5, 5.41) is 3.27. The highest BCUT2D eigenvalue weighted by molar-refractivity contribution is 8.00. The smallest absolute Gasteiger partial charge is 0.243 e. The fourth-order valence-electron chi connectivity index (χ4n) is 3.57. The van der Waals surface area contributed by atoms with Crippen molar-refractivity contribution in [1.82, 2.24) is 10.2 Å². The molecule has 0 spiro atoms. The molecular formula is C20H21ClFN3O2S. The van der Waals surface area contributed by atoms with Crippen LogP contribution in [0.15, 0.2) is 53.4 Å². The largest absolute Gasteiger partial charge is 0.332 e. The van der Waals surface area contributed by atoms with Crippen molar-refractivity contribution in [3.63, 3.8) is 0 Å². The van der Waals surface area contributed by atoms with Gasteiger partial charge in [0.2, 0.25) is 11.8 Å². The molecule has 1 atom stereocenters. The third kappa shape index (κ3) is 4.16. The highest BCUT2D eigenvalue weighted by atomic mass is 35.5. The van der Waals surface area contributed by atoms with Crippen LogP contribution >= 0.6 is 24.2 Å². The monoisotopic (exact) mass is 421 g/mol. The van der Waals surface area contributed by atoms with Gasteiger partial charge < -0.3 is 15.1 Å². The zero-order chi connectivity index (χ0) is 18.8. The van der Waals surface area contributed by atoms with Gasteiger partial charge in [-0.2, -0.15) is 0 Å². The lowest BCUT2D eigenvalue weighted by Crippen LogP contribution is -2.52. The number of piperazine rings is 1. The molecule has 0 bridgehead atoms. The number of benzene rings is 2. The number of carbonyl (C=O) groups is 2. The van der Waals surface area contributed by atoms with Gasteiger partial charge >= 0.3 is 0 Å². The van der Waals surface area contributed by atoms with E-state index >= 15 is 0 Å². The molecule has 1 unspecified atom stereocenters. The van der Waals surface area contributed by atoms with E-state index in [2.05, 4.69) is 5.32 Å². The molecule has 1 saturated heterocycles. The van der Waals surface area contributed by atoms with Crippen LogP contribution in [0.3, 0.4) is 0 Å². The lowest BCUT2D eigenvalue weighted by molar-refractivity contribution is -0.134. The summed E-state index contributed by atoms with van der Waals surface area (Å²) in [7, 11) is 0. The van der Waals surface area contributed by atoms with Crippen molar-refractivity contribution in [1.29, 1.82) is 0 Å². The van der Waals surface area contributed by atoms with E-state index in [9.17, 15) is 14.0 Å². The molecule has 5 nitrogen and oxygen atoms in total. The predicted octanol–water partition coefficient (Wildman–Crippen LogP) is 2.86. The number of hydrogen-bond acceptors (Lipinski definition) is 4. The summed E-state index contributed by atoms with van der Waals surface area (Å²) in [5.74, 6) is -0.174. The van der Waals surface area contributed by atoms with E-state index in [1.54, 1.807) is 15.9 Å². The lowest BCUT2D eigenvalue weighted by Gasteiger charge is -2.38. The summed E-state index contributed by atoms with van der Waals surface area (Å²) in [5.41, 5.74) is 1.54. The van der Waals surface area contributed by atoms with Crippen LogP contribution in [0.4, 0.5) is 10.1 Å².